The van der Waals surface area contributed by atoms with Gasteiger partial charge >= 0.3 is 0 Å². The molecule has 56 valence electrons. The molecule has 1 saturated heterocycles. The lowest BCUT2D eigenvalue weighted by Gasteiger charge is -2.26. The fourth-order valence-electron chi connectivity index (χ4n) is 0.808. The smallest absolute Gasteiger partial charge is 0.261 e. The molecule has 0 aromatic rings. The maximum atomic E-state index is 10.9. The molecule has 0 bridgehead atoms. The third-order valence-corrected chi connectivity index (χ3v) is 1.34. The highest BCUT2D eigenvalue weighted by molar-refractivity contribution is 5.86. The highest BCUT2D eigenvalue weighted by Crippen LogP contribution is 1.91. The fourth-order valence-corrected chi connectivity index (χ4v) is 0.808. The molecule has 0 saturated carbocycles. The number of hydrazine groups is 2. The molecule has 0 unspecified atom stereocenters. The van der Waals surface area contributed by atoms with Crippen LogP contribution in [0.2, 0.25) is 0 Å². The Morgan fingerprint density at radius 1 is 1.70 bits per heavy atom. The van der Waals surface area contributed by atoms with Crippen LogP contribution < -0.4 is 11.0 Å². The molecule has 0 aromatic heterocycles. The molecule has 1 aliphatic heterocycles. The Kier molecular flexibility index (Phi) is 2.42. The number of carbonyl (C=O) groups is 1. The van der Waals surface area contributed by atoms with Crippen LogP contribution in [-0.2, 0) is 4.79 Å². The zero-order valence-corrected chi connectivity index (χ0v) is 5.76. The summed E-state index contributed by atoms with van der Waals surface area (Å²) in [5.41, 5.74) is 5.59. The van der Waals surface area contributed by atoms with Gasteiger partial charge in [-0.1, -0.05) is 6.58 Å². The van der Waals surface area contributed by atoms with Gasteiger partial charge in [0.1, 0.15) is 0 Å². The summed E-state index contributed by atoms with van der Waals surface area (Å²) in [6, 6.07) is 0. The van der Waals surface area contributed by atoms with Crippen molar-refractivity contribution in [2.45, 2.75) is 6.42 Å². The van der Waals surface area contributed by atoms with Crippen molar-refractivity contribution in [1.82, 2.24) is 16.0 Å². The fraction of sp³-hybridized carbons (Fsp3) is 0.500. The van der Waals surface area contributed by atoms with Crippen molar-refractivity contribution in [3.63, 3.8) is 0 Å². The monoisotopic (exact) mass is 141 g/mol. The summed E-state index contributed by atoms with van der Waals surface area (Å²) >= 11 is 0. The van der Waals surface area contributed by atoms with Crippen LogP contribution in [0, 0.1) is 0 Å². The van der Waals surface area contributed by atoms with E-state index in [0.717, 1.165) is 19.5 Å². The maximum Gasteiger partial charge on any atom is 0.261 e. The van der Waals surface area contributed by atoms with Crippen LogP contribution in [-0.4, -0.2) is 24.0 Å². The number of nitrogens with zero attached hydrogens (tertiary/aromatic N) is 1. The minimum absolute atomic E-state index is 0.0906. The molecule has 4 heteroatoms. The molecule has 0 spiro atoms. The van der Waals surface area contributed by atoms with E-state index in [-0.39, 0.29) is 5.91 Å². The van der Waals surface area contributed by atoms with E-state index in [1.54, 1.807) is 0 Å². The first-order valence-electron chi connectivity index (χ1n) is 3.27. The topological polar surface area (TPSA) is 44.4 Å². The summed E-state index contributed by atoms with van der Waals surface area (Å²) in [6.45, 7) is 5.03. The van der Waals surface area contributed by atoms with Crippen LogP contribution in [0.1, 0.15) is 6.42 Å². The maximum absolute atomic E-state index is 10.9. The van der Waals surface area contributed by atoms with E-state index in [1.165, 1.54) is 11.1 Å². The van der Waals surface area contributed by atoms with Crippen molar-refractivity contribution in [2.24, 2.45) is 0 Å². The van der Waals surface area contributed by atoms with Crippen molar-refractivity contribution in [1.29, 1.82) is 0 Å². The van der Waals surface area contributed by atoms with Crippen molar-refractivity contribution in [3.05, 3.63) is 12.7 Å². The van der Waals surface area contributed by atoms with Gasteiger partial charge in [-0.15, -0.1) is 0 Å². The third-order valence-electron chi connectivity index (χ3n) is 1.34. The largest absolute Gasteiger partial charge is 0.268 e. The van der Waals surface area contributed by atoms with Crippen molar-refractivity contribution in [3.8, 4) is 0 Å². The lowest BCUT2D eigenvalue weighted by Crippen LogP contribution is -2.54. The predicted molar refractivity (Wildman–Crippen MR) is 37.7 cm³/mol. The highest BCUT2D eigenvalue weighted by atomic mass is 16.2. The van der Waals surface area contributed by atoms with E-state index < -0.39 is 0 Å². The van der Waals surface area contributed by atoms with Gasteiger partial charge in [-0.3, -0.25) is 9.80 Å². The predicted octanol–water partition coefficient (Wildman–Crippen LogP) is -0.586. The Bertz CT molecular complexity index is 140. The van der Waals surface area contributed by atoms with Crippen LogP contribution in [0.15, 0.2) is 12.7 Å². The second-order valence-electron chi connectivity index (χ2n) is 2.09. The van der Waals surface area contributed by atoms with Crippen molar-refractivity contribution >= 4 is 5.91 Å². The zero-order valence-electron chi connectivity index (χ0n) is 5.76. The van der Waals surface area contributed by atoms with Gasteiger partial charge in [0, 0.05) is 13.1 Å². The quantitative estimate of drug-likeness (QED) is 0.480. The summed E-state index contributed by atoms with van der Waals surface area (Å²) in [5.74, 6) is -0.0906. The number of hydrogen-bond acceptors (Lipinski definition) is 3. The van der Waals surface area contributed by atoms with Crippen LogP contribution in [0.25, 0.3) is 0 Å². The van der Waals surface area contributed by atoms with Crippen LogP contribution in [0.5, 0.6) is 0 Å². The van der Waals surface area contributed by atoms with Gasteiger partial charge in [0.25, 0.3) is 5.91 Å². The number of amides is 1. The van der Waals surface area contributed by atoms with Gasteiger partial charge in [0.15, 0.2) is 0 Å². The Balaban J connectivity index is 2.38. The van der Waals surface area contributed by atoms with Crippen LogP contribution >= 0.6 is 0 Å². The van der Waals surface area contributed by atoms with Gasteiger partial charge in [0.2, 0.25) is 0 Å². The molecular weight excluding hydrogens is 130 g/mol. The van der Waals surface area contributed by atoms with E-state index >= 15 is 0 Å². The Morgan fingerprint density at radius 2 is 2.50 bits per heavy atom. The molecular formula is C6H11N3O. The molecule has 0 radical (unpaired) electrons. The average molecular weight is 141 g/mol. The Hall–Kier alpha value is -0.870. The van der Waals surface area contributed by atoms with Crippen LogP contribution in [0.3, 0.4) is 0 Å². The molecule has 4 nitrogen and oxygen atoms in total. The number of hydrogen-bond donors (Lipinski definition) is 2. The summed E-state index contributed by atoms with van der Waals surface area (Å²) in [5, 5.41) is 1.50. The first-order valence-corrected chi connectivity index (χ1v) is 3.27. The average Bonchev–Trinajstić information content (AvgIpc) is 2.05. The van der Waals surface area contributed by atoms with E-state index in [9.17, 15) is 4.79 Å². The normalized spacial score (nSPS) is 18.6. The molecule has 2 N–H and O–H groups in total. The van der Waals surface area contributed by atoms with Gasteiger partial charge in [-0.2, -0.15) is 5.53 Å². The molecule has 0 aromatic carbocycles. The van der Waals surface area contributed by atoms with E-state index in [1.807, 2.05) is 0 Å². The third kappa shape index (κ3) is 1.55. The molecule has 0 atom stereocenters. The first-order chi connectivity index (χ1) is 4.84. The van der Waals surface area contributed by atoms with Crippen LogP contribution in [0.4, 0.5) is 0 Å². The molecule has 10 heavy (non-hydrogen) atoms. The molecule has 1 heterocycles. The second kappa shape index (κ2) is 3.34. The van der Waals surface area contributed by atoms with E-state index in [0.29, 0.717) is 0 Å². The number of rotatable bonds is 1. The molecule has 0 aliphatic carbocycles. The van der Waals surface area contributed by atoms with E-state index in [4.69, 9.17) is 0 Å². The van der Waals surface area contributed by atoms with Gasteiger partial charge < -0.3 is 0 Å². The highest BCUT2D eigenvalue weighted by Gasteiger charge is 2.11. The van der Waals surface area contributed by atoms with E-state index in [2.05, 4.69) is 17.5 Å². The number of nitrogens with one attached hydrogen (secondary N) is 2. The minimum atomic E-state index is -0.0906. The second-order valence-corrected chi connectivity index (χ2v) is 2.09. The summed E-state index contributed by atoms with van der Waals surface area (Å²) in [4.78, 5) is 10.9. The summed E-state index contributed by atoms with van der Waals surface area (Å²) in [6.07, 6.45) is 2.27. The molecule has 1 amide bonds. The lowest BCUT2D eigenvalue weighted by atomic mass is 10.4. The van der Waals surface area contributed by atoms with Crippen molar-refractivity contribution in [2.75, 3.05) is 13.1 Å². The minimum Gasteiger partial charge on any atom is -0.268 e. The SMILES string of the molecule is C=CC(=O)N1CCCNN1. The first kappa shape index (κ1) is 7.24. The summed E-state index contributed by atoms with van der Waals surface area (Å²) < 4.78 is 0. The Labute approximate surface area is 59.8 Å². The number of carbonyl (C=O) groups excluding carboxylic acids is 1. The lowest BCUT2D eigenvalue weighted by molar-refractivity contribution is -0.131. The van der Waals surface area contributed by atoms with Gasteiger partial charge in [-0.05, 0) is 12.5 Å². The molecule has 1 aliphatic rings. The van der Waals surface area contributed by atoms with Crippen molar-refractivity contribution < 1.29 is 4.79 Å². The zero-order chi connectivity index (χ0) is 7.40. The standard InChI is InChI=1S/C6H11N3O/c1-2-6(10)9-5-3-4-7-8-9/h2,7-8H,1,3-5H2. The van der Waals surface area contributed by atoms with Gasteiger partial charge in [-0.25, -0.2) is 5.43 Å². The molecule has 1 fully saturated rings. The summed E-state index contributed by atoms with van der Waals surface area (Å²) in [7, 11) is 0. The van der Waals surface area contributed by atoms with Gasteiger partial charge in [0.05, 0.1) is 0 Å². The molecule has 1 rings (SSSR count). The Morgan fingerprint density at radius 3 is 3.00 bits per heavy atom.